The molecule has 0 aliphatic rings. The van der Waals surface area contributed by atoms with Crippen LogP contribution in [0, 0.1) is 0 Å². The summed E-state index contributed by atoms with van der Waals surface area (Å²) < 4.78 is 49.1. The van der Waals surface area contributed by atoms with Crippen LogP contribution in [0.3, 0.4) is 0 Å². The highest BCUT2D eigenvalue weighted by atomic mass is 32.1. The Morgan fingerprint density at radius 1 is 0.297 bits per heavy atom. The van der Waals surface area contributed by atoms with Gasteiger partial charge in [0.25, 0.3) is 0 Å². The molecular weight excluding hydrogens is 809 g/mol. The van der Waals surface area contributed by atoms with Gasteiger partial charge in [0.05, 0.1) is 6.85 Å². The number of thiophene rings is 2. The molecule has 12 aromatic carbocycles. The van der Waals surface area contributed by atoms with Crippen LogP contribution in [0.1, 0.15) is 6.85 Å². The Morgan fingerprint density at radius 2 is 0.641 bits per heavy atom. The van der Waals surface area contributed by atoms with Crippen LogP contribution in [-0.4, -0.2) is 0 Å². The molecule has 2 aromatic heterocycles. The molecule has 0 spiro atoms. The monoisotopic (exact) mass is 849 g/mol. The van der Waals surface area contributed by atoms with Gasteiger partial charge in [-0.15, -0.1) is 22.7 Å². The largest absolute Gasteiger partial charge is 0.135 e. The van der Waals surface area contributed by atoms with Gasteiger partial charge in [-0.1, -0.05) is 194 Å². The van der Waals surface area contributed by atoms with Crippen LogP contribution in [0.4, 0.5) is 0 Å². The van der Waals surface area contributed by atoms with Crippen molar-refractivity contribution in [1.29, 1.82) is 0 Å². The molecule has 0 bridgehead atoms. The first kappa shape index (κ1) is 31.3. The molecule has 0 amide bonds. The molecular formula is C62H36S2. The van der Waals surface area contributed by atoms with Crippen molar-refractivity contribution in [3.8, 4) is 44.5 Å². The van der Waals surface area contributed by atoms with Crippen LogP contribution in [0.15, 0.2) is 218 Å². The minimum atomic E-state index is -0.401. The number of hydrogen-bond acceptors (Lipinski definition) is 2. The Labute approximate surface area is 384 Å². The fraction of sp³-hybridized carbons (Fsp3) is 0. The van der Waals surface area contributed by atoms with E-state index < -0.39 is 6.04 Å². The highest BCUT2D eigenvalue weighted by Gasteiger charge is 2.26. The van der Waals surface area contributed by atoms with Crippen LogP contribution < -0.4 is 0 Å². The summed E-state index contributed by atoms with van der Waals surface area (Å²) in [5.74, 6) is 0. The first-order chi connectivity index (χ1) is 33.9. The number of hydrogen-bond donors (Lipinski definition) is 0. The summed E-state index contributed by atoms with van der Waals surface area (Å²) in [5, 5.41) is 15.7. The lowest BCUT2D eigenvalue weighted by Gasteiger charge is -2.20. The third-order valence-corrected chi connectivity index (χ3v) is 15.7. The maximum atomic E-state index is 9.19. The molecule has 0 fully saturated rings. The Bertz CT molecular complexity index is 4400. The predicted octanol–water partition coefficient (Wildman–Crippen LogP) is 18.9. The molecule has 14 rings (SSSR count). The maximum absolute atomic E-state index is 9.19. The van der Waals surface area contributed by atoms with Crippen LogP contribution >= 0.6 is 22.7 Å². The van der Waals surface area contributed by atoms with Gasteiger partial charge in [-0.05, 0) is 106 Å². The van der Waals surface area contributed by atoms with Crippen molar-refractivity contribution in [3.05, 3.63) is 218 Å². The van der Waals surface area contributed by atoms with Gasteiger partial charge in [-0.2, -0.15) is 0 Å². The molecule has 2 heteroatoms. The van der Waals surface area contributed by atoms with Gasteiger partial charge in [0.2, 0.25) is 0 Å². The number of rotatable bonds is 4. The SMILES string of the molecule is [2H]c1c([2H])c([2H])c(-c2c3ccccc3c(-c3cc4cc(-c5c6ccccc6c(-c6ccccc6)c6ccccc56)c5sc6ccccc6c5c4c4c3sc3ccccc34)c3ccccc23)c([2H])c1[2H]. The first-order valence-electron chi connectivity index (χ1n) is 24.1. The zero-order valence-corrected chi connectivity index (χ0v) is 35.8. The van der Waals surface area contributed by atoms with Crippen molar-refractivity contribution < 1.29 is 6.85 Å². The minimum absolute atomic E-state index is 0.208. The molecule has 0 atom stereocenters. The van der Waals surface area contributed by atoms with E-state index >= 15 is 0 Å². The third-order valence-electron chi connectivity index (χ3n) is 13.3. The van der Waals surface area contributed by atoms with E-state index in [1.165, 1.54) is 89.5 Å². The van der Waals surface area contributed by atoms with Crippen molar-refractivity contribution in [2.45, 2.75) is 0 Å². The van der Waals surface area contributed by atoms with Crippen LogP contribution in [-0.2, 0) is 0 Å². The van der Waals surface area contributed by atoms with E-state index in [1.807, 2.05) is 59.1 Å². The van der Waals surface area contributed by atoms with Crippen molar-refractivity contribution in [2.24, 2.45) is 0 Å². The van der Waals surface area contributed by atoms with Crippen molar-refractivity contribution >= 4 is 117 Å². The van der Waals surface area contributed by atoms with Crippen molar-refractivity contribution in [3.63, 3.8) is 0 Å². The summed E-state index contributed by atoms with van der Waals surface area (Å²) in [6, 6.07) is 66.0. The zero-order valence-electron chi connectivity index (χ0n) is 39.2. The molecule has 14 aromatic rings. The average molecular weight is 850 g/mol. The Kier molecular flexibility index (Phi) is 6.81. The molecule has 0 aliphatic carbocycles. The van der Waals surface area contributed by atoms with Gasteiger partial charge in [-0.3, -0.25) is 0 Å². The second kappa shape index (κ2) is 13.9. The summed E-state index contributed by atoms with van der Waals surface area (Å²) in [6.07, 6.45) is 0. The molecule has 0 nitrogen and oxygen atoms in total. The number of benzene rings is 12. The van der Waals surface area contributed by atoms with E-state index in [1.54, 1.807) is 0 Å². The van der Waals surface area contributed by atoms with Crippen LogP contribution in [0.25, 0.3) is 139 Å². The summed E-state index contributed by atoms with van der Waals surface area (Å²) in [5.41, 5.74) is 7.83. The quantitative estimate of drug-likeness (QED) is 0.155. The van der Waals surface area contributed by atoms with Gasteiger partial charge in [0, 0.05) is 56.9 Å². The predicted molar refractivity (Wildman–Crippen MR) is 281 cm³/mol. The molecule has 0 radical (unpaired) electrons. The summed E-state index contributed by atoms with van der Waals surface area (Å²) in [7, 11) is 0. The van der Waals surface area contributed by atoms with E-state index in [9.17, 15) is 2.74 Å². The molecule has 0 saturated carbocycles. The smallest absolute Gasteiger partial charge is 0.0629 e. The van der Waals surface area contributed by atoms with E-state index in [-0.39, 0.29) is 29.7 Å². The zero-order chi connectivity index (χ0) is 46.2. The van der Waals surface area contributed by atoms with Crippen LogP contribution in [0.2, 0.25) is 0 Å². The molecule has 2 heterocycles. The fourth-order valence-electron chi connectivity index (χ4n) is 10.8. The lowest BCUT2D eigenvalue weighted by atomic mass is 9.83. The second-order valence-corrected chi connectivity index (χ2v) is 18.7. The fourth-order valence-corrected chi connectivity index (χ4v) is 13.2. The summed E-state index contributed by atoms with van der Waals surface area (Å²) in [6.45, 7) is 0. The molecule has 0 saturated heterocycles. The maximum Gasteiger partial charge on any atom is 0.0629 e. The molecule has 0 N–H and O–H groups in total. The van der Waals surface area contributed by atoms with Gasteiger partial charge in [0.15, 0.2) is 0 Å². The van der Waals surface area contributed by atoms with Gasteiger partial charge >= 0.3 is 0 Å². The molecule has 64 heavy (non-hydrogen) atoms. The summed E-state index contributed by atoms with van der Waals surface area (Å²) >= 11 is 3.69. The highest BCUT2D eigenvalue weighted by Crippen LogP contribution is 2.55. The molecule has 0 aliphatic heterocycles. The van der Waals surface area contributed by atoms with E-state index in [4.69, 9.17) is 4.11 Å². The Balaban J connectivity index is 1.19. The standard InChI is InChI=1S/C62H36S2/c1-3-19-37(20-4-1)54-40-23-7-11-27-44(40)57(45-28-12-8-24-41(45)54)50-35-39-36-51(58-46-29-13-9-25-42(46)55(38-21-5-2-6-22-38)43-26-10-14-30-47(43)58)62-60(49-32-16-18-34-53(49)64-62)56(39)59-48-31-15-17-33-52(48)63-61(50)59/h1-36H/i1D,3D,4D,19D,20D. The minimum Gasteiger partial charge on any atom is -0.135 e. The van der Waals surface area contributed by atoms with Crippen molar-refractivity contribution in [1.82, 2.24) is 0 Å². The normalized spacial score (nSPS) is 13.2. The highest BCUT2D eigenvalue weighted by molar-refractivity contribution is 7.27. The lowest BCUT2D eigenvalue weighted by Crippen LogP contribution is -1.93. The molecule has 296 valence electrons. The van der Waals surface area contributed by atoms with Crippen molar-refractivity contribution in [2.75, 3.05) is 0 Å². The van der Waals surface area contributed by atoms with E-state index in [0.29, 0.717) is 5.56 Å². The average Bonchev–Trinajstić information content (AvgIpc) is 3.99. The lowest BCUT2D eigenvalue weighted by molar-refractivity contribution is 1.67. The second-order valence-electron chi connectivity index (χ2n) is 16.6. The summed E-state index contributed by atoms with van der Waals surface area (Å²) in [4.78, 5) is 0. The van der Waals surface area contributed by atoms with E-state index in [0.717, 1.165) is 38.1 Å². The Morgan fingerprint density at radius 3 is 1.06 bits per heavy atom. The topological polar surface area (TPSA) is 0 Å². The van der Waals surface area contributed by atoms with E-state index in [2.05, 4.69) is 152 Å². The van der Waals surface area contributed by atoms with Gasteiger partial charge in [-0.25, -0.2) is 0 Å². The first-order valence-corrected chi connectivity index (χ1v) is 23.2. The van der Waals surface area contributed by atoms with Gasteiger partial charge < -0.3 is 0 Å². The molecule has 0 unspecified atom stereocenters. The van der Waals surface area contributed by atoms with Gasteiger partial charge in [0.1, 0.15) is 0 Å². The third kappa shape index (κ3) is 5.10. The van der Waals surface area contributed by atoms with Crippen LogP contribution in [0.5, 0.6) is 0 Å². The Hall–Kier alpha value is -7.62. The number of fused-ring (bicyclic) bond motifs is 13.